The molecule has 1 spiro atoms. The van der Waals surface area contributed by atoms with Crippen molar-refractivity contribution in [1.82, 2.24) is 5.32 Å². The van der Waals surface area contributed by atoms with Crippen molar-refractivity contribution in [2.45, 2.75) is 50.2 Å². The monoisotopic (exact) mass is 307 g/mol. The van der Waals surface area contributed by atoms with Crippen LogP contribution in [-0.2, 0) is 9.53 Å². The minimum absolute atomic E-state index is 0.0143. The SMILES string of the molecule is O=C(COc1cccc(F)c1)N[C@@H]1COC2(CCCCC2)C1. The summed E-state index contributed by atoms with van der Waals surface area (Å²) in [5, 5.41) is 2.95. The summed E-state index contributed by atoms with van der Waals surface area (Å²) in [5.41, 5.74) is -0.0143. The Kier molecular flexibility index (Phi) is 4.62. The first-order valence-corrected chi connectivity index (χ1v) is 7.97. The lowest BCUT2D eigenvalue weighted by molar-refractivity contribution is -0.123. The molecule has 1 amide bonds. The van der Waals surface area contributed by atoms with Gasteiger partial charge in [0.2, 0.25) is 0 Å². The second kappa shape index (κ2) is 6.65. The normalized spacial score (nSPS) is 23.4. The highest BCUT2D eigenvalue weighted by atomic mass is 19.1. The van der Waals surface area contributed by atoms with Gasteiger partial charge in [-0.3, -0.25) is 4.79 Å². The number of carbonyl (C=O) groups is 1. The van der Waals surface area contributed by atoms with Crippen molar-refractivity contribution >= 4 is 5.91 Å². The molecule has 5 heteroatoms. The van der Waals surface area contributed by atoms with E-state index in [2.05, 4.69) is 5.32 Å². The second-order valence-electron chi connectivity index (χ2n) is 6.27. The molecule has 0 bridgehead atoms. The van der Waals surface area contributed by atoms with E-state index in [1.54, 1.807) is 12.1 Å². The first-order chi connectivity index (χ1) is 10.7. The lowest BCUT2D eigenvalue weighted by Gasteiger charge is -2.32. The van der Waals surface area contributed by atoms with Crippen LogP contribution in [0.15, 0.2) is 24.3 Å². The van der Waals surface area contributed by atoms with E-state index in [1.807, 2.05) is 0 Å². The third-order valence-electron chi connectivity index (χ3n) is 4.51. The average molecular weight is 307 g/mol. The van der Waals surface area contributed by atoms with E-state index < -0.39 is 0 Å². The molecule has 1 aliphatic carbocycles. The molecule has 0 radical (unpaired) electrons. The predicted octanol–water partition coefficient (Wildman–Crippen LogP) is 2.81. The van der Waals surface area contributed by atoms with Gasteiger partial charge in [0.25, 0.3) is 5.91 Å². The summed E-state index contributed by atoms with van der Waals surface area (Å²) in [5.74, 6) is -0.200. The number of benzene rings is 1. The molecule has 0 unspecified atom stereocenters. The minimum atomic E-state index is -0.374. The average Bonchev–Trinajstić information content (AvgIpc) is 2.88. The number of amides is 1. The van der Waals surface area contributed by atoms with Crippen LogP contribution in [0.5, 0.6) is 5.75 Å². The zero-order valence-electron chi connectivity index (χ0n) is 12.6. The van der Waals surface area contributed by atoms with Crippen molar-refractivity contribution in [3.8, 4) is 5.75 Å². The van der Waals surface area contributed by atoms with E-state index in [0.29, 0.717) is 12.4 Å². The molecule has 1 aromatic carbocycles. The number of rotatable bonds is 4. The molecule has 1 aromatic rings. The molecule has 120 valence electrons. The van der Waals surface area contributed by atoms with Crippen LogP contribution in [0, 0.1) is 5.82 Å². The molecular formula is C17H22FNO3. The van der Waals surface area contributed by atoms with Gasteiger partial charge in [-0.1, -0.05) is 25.3 Å². The van der Waals surface area contributed by atoms with Crippen LogP contribution in [-0.4, -0.2) is 30.8 Å². The summed E-state index contributed by atoms with van der Waals surface area (Å²) in [6, 6.07) is 5.85. The number of hydrogen-bond donors (Lipinski definition) is 1. The molecule has 1 saturated carbocycles. The zero-order chi connectivity index (χ0) is 15.4. The van der Waals surface area contributed by atoms with Gasteiger partial charge in [0.05, 0.1) is 18.2 Å². The Labute approximate surface area is 130 Å². The summed E-state index contributed by atoms with van der Waals surface area (Å²) in [6.07, 6.45) is 6.79. The summed E-state index contributed by atoms with van der Waals surface area (Å²) in [4.78, 5) is 11.9. The van der Waals surface area contributed by atoms with Crippen LogP contribution in [0.25, 0.3) is 0 Å². The molecule has 2 fully saturated rings. The van der Waals surface area contributed by atoms with Crippen molar-refractivity contribution < 1.29 is 18.7 Å². The fourth-order valence-electron chi connectivity index (χ4n) is 3.46. The number of hydrogen-bond acceptors (Lipinski definition) is 3. The van der Waals surface area contributed by atoms with Crippen molar-refractivity contribution in [3.05, 3.63) is 30.1 Å². The Hall–Kier alpha value is -1.62. The van der Waals surface area contributed by atoms with Crippen LogP contribution in [0.2, 0.25) is 0 Å². The Morgan fingerprint density at radius 3 is 2.95 bits per heavy atom. The van der Waals surface area contributed by atoms with Crippen molar-refractivity contribution in [1.29, 1.82) is 0 Å². The molecule has 1 atom stereocenters. The van der Waals surface area contributed by atoms with Crippen LogP contribution in [0.3, 0.4) is 0 Å². The largest absolute Gasteiger partial charge is 0.484 e. The molecular weight excluding hydrogens is 285 g/mol. The molecule has 4 nitrogen and oxygen atoms in total. The van der Waals surface area contributed by atoms with E-state index in [0.717, 1.165) is 19.3 Å². The number of ether oxygens (including phenoxy) is 2. The Morgan fingerprint density at radius 1 is 1.36 bits per heavy atom. The van der Waals surface area contributed by atoms with E-state index in [1.165, 1.54) is 31.4 Å². The molecule has 3 rings (SSSR count). The first kappa shape index (κ1) is 15.3. The third kappa shape index (κ3) is 3.77. The van der Waals surface area contributed by atoms with Gasteiger partial charge in [-0.25, -0.2) is 4.39 Å². The van der Waals surface area contributed by atoms with Gasteiger partial charge in [-0.05, 0) is 31.4 Å². The van der Waals surface area contributed by atoms with Gasteiger partial charge in [-0.2, -0.15) is 0 Å². The number of carbonyl (C=O) groups excluding carboxylic acids is 1. The van der Waals surface area contributed by atoms with E-state index in [9.17, 15) is 9.18 Å². The van der Waals surface area contributed by atoms with Crippen molar-refractivity contribution in [3.63, 3.8) is 0 Å². The minimum Gasteiger partial charge on any atom is -0.484 e. The lowest BCUT2D eigenvalue weighted by atomic mass is 9.82. The zero-order valence-corrected chi connectivity index (χ0v) is 12.6. The summed E-state index contributed by atoms with van der Waals surface area (Å²) < 4.78 is 24.3. The Balaban J connectivity index is 1.44. The van der Waals surface area contributed by atoms with Crippen LogP contribution in [0.4, 0.5) is 4.39 Å². The Bertz CT molecular complexity index is 528. The molecule has 1 aliphatic heterocycles. The molecule has 22 heavy (non-hydrogen) atoms. The molecule has 0 aromatic heterocycles. The van der Waals surface area contributed by atoms with Crippen LogP contribution >= 0.6 is 0 Å². The van der Waals surface area contributed by atoms with Gasteiger partial charge in [0.1, 0.15) is 11.6 Å². The van der Waals surface area contributed by atoms with Crippen LogP contribution < -0.4 is 10.1 Å². The van der Waals surface area contributed by atoms with Gasteiger partial charge >= 0.3 is 0 Å². The first-order valence-electron chi connectivity index (χ1n) is 7.97. The molecule has 1 N–H and O–H groups in total. The molecule has 1 heterocycles. The number of halogens is 1. The quantitative estimate of drug-likeness (QED) is 0.930. The highest BCUT2D eigenvalue weighted by Crippen LogP contribution is 2.39. The molecule has 2 aliphatic rings. The summed E-state index contributed by atoms with van der Waals surface area (Å²) in [7, 11) is 0. The maximum absolute atomic E-state index is 13.0. The van der Waals surface area contributed by atoms with E-state index in [4.69, 9.17) is 9.47 Å². The predicted molar refractivity (Wildman–Crippen MR) is 80.2 cm³/mol. The van der Waals surface area contributed by atoms with Crippen molar-refractivity contribution in [2.24, 2.45) is 0 Å². The van der Waals surface area contributed by atoms with Gasteiger partial charge in [0, 0.05) is 6.07 Å². The van der Waals surface area contributed by atoms with Crippen molar-refractivity contribution in [2.75, 3.05) is 13.2 Å². The highest BCUT2D eigenvalue weighted by molar-refractivity contribution is 5.77. The topological polar surface area (TPSA) is 47.6 Å². The lowest BCUT2D eigenvalue weighted by Crippen LogP contribution is -2.39. The van der Waals surface area contributed by atoms with Gasteiger partial charge in [-0.15, -0.1) is 0 Å². The maximum atomic E-state index is 13.0. The highest BCUT2D eigenvalue weighted by Gasteiger charge is 2.41. The smallest absolute Gasteiger partial charge is 0.258 e. The van der Waals surface area contributed by atoms with Gasteiger partial charge < -0.3 is 14.8 Å². The van der Waals surface area contributed by atoms with E-state index in [-0.39, 0.29) is 30.0 Å². The fraction of sp³-hybridized carbons (Fsp3) is 0.588. The maximum Gasteiger partial charge on any atom is 0.258 e. The fourth-order valence-corrected chi connectivity index (χ4v) is 3.46. The molecule has 1 saturated heterocycles. The summed E-state index contributed by atoms with van der Waals surface area (Å²) >= 11 is 0. The Morgan fingerprint density at radius 2 is 2.18 bits per heavy atom. The summed E-state index contributed by atoms with van der Waals surface area (Å²) in [6.45, 7) is 0.471. The second-order valence-corrected chi connectivity index (χ2v) is 6.27. The standard InChI is InChI=1S/C17H22FNO3/c18-13-5-4-6-15(9-13)21-12-16(20)19-14-10-17(22-11-14)7-2-1-3-8-17/h4-6,9,14H,1-3,7-8,10-12H2,(H,19,20)/t14-/m0/s1. The third-order valence-corrected chi connectivity index (χ3v) is 4.51. The van der Waals surface area contributed by atoms with Gasteiger partial charge in [0.15, 0.2) is 6.61 Å². The van der Waals surface area contributed by atoms with E-state index >= 15 is 0 Å². The van der Waals surface area contributed by atoms with Crippen LogP contribution in [0.1, 0.15) is 38.5 Å². The number of nitrogens with one attached hydrogen (secondary N) is 1.